The molecule has 2 heterocycles. The number of aromatic nitrogens is 2. The van der Waals surface area contributed by atoms with Gasteiger partial charge in [0.05, 0.1) is 5.52 Å². The van der Waals surface area contributed by atoms with Crippen molar-refractivity contribution in [3.8, 4) is 0 Å². The van der Waals surface area contributed by atoms with Gasteiger partial charge in [-0.2, -0.15) is 4.98 Å². The van der Waals surface area contributed by atoms with Gasteiger partial charge in [0.15, 0.2) is 0 Å². The number of nitrogens with zero attached hydrogens (tertiary/aromatic N) is 3. The number of nitrogens with one attached hydrogen (secondary N) is 1. The van der Waals surface area contributed by atoms with Gasteiger partial charge in [-0.3, -0.25) is 0 Å². The Labute approximate surface area is 153 Å². The largest absolute Gasteiger partial charge is 0.363 e. The summed E-state index contributed by atoms with van der Waals surface area (Å²) in [6.07, 6.45) is 3.65. The fourth-order valence-corrected chi connectivity index (χ4v) is 3.45. The molecule has 134 valence electrons. The van der Waals surface area contributed by atoms with E-state index in [-0.39, 0.29) is 11.9 Å². The lowest BCUT2D eigenvalue weighted by molar-refractivity contribution is 0.569. The summed E-state index contributed by atoms with van der Waals surface area (Å²) < 4.78 is 13.2. The van der Waals surface area contributed by atoms with Crippen molar-refractivity contribution in [2.45, 2.75) is 32.2 Å². The number of piperidine rings is 1. The molecule has 1 saturated heterocycles. The Morgan fingerprint density at radius 3 is 2.46 bits per heavy atom. The molecule has 0 bridgehead atoms. The molecule has 0 amide bonds. The molecule has 26 heavy (non-hydrogen) atoms. The molecule has 4 nitrogen and oxygen atoms in total. The molecular formula is C21H23FN4. The SMILES string of the molecule is CC(Nc1nc(N2CCCCC2)nc2ccccc12)c1ccc(F)cc1. The molecule has 0 saturated carbocycles. The maximum Gasteiger partial charge on any atom is 0.227 e. The highest BCUT2D eigenvalue weighted by atomic mass is 19.1. The first kappa shape index (κ1) is 16.8. The summed E-state index contributed by atoms with van der Waals surface area (Å²) >= 11 is 0. The minimum Gasteiger partial charge on any atom is -0.363 e. The molecule has 3 aromatic rings. The predicted octanol–water partition coefficient (Wildman–Crippen LogP) is 4.93. The van der Waals surface area contributed by atoms with Gasteiger partial charge in [-0.1, -0.05) is 24.3 Å². The number of fused-ring (bicyclic) bond motifs is 1. The summed E-state index contributed by atoms with van der Waals surface area (Å²) in [6, 6.07) is 14.7. The summed E-state index contributed by atoms with van der Waals surface area (Å²) in [4.78, 5) is 11.9. The van der Waals surface area contributed by atoms with Gasteiger partial charge in [0.2, 0.25) is 5.95 Å². The second-order valence-corrected chi connectivity index (χ2v) is 6.85. The van der Waals surface area contributed by atoms with Crippen molar-refractivity contribution >= 4 is 22.7 Å². The van der Waals surface area contributed by atoms with E-state index in [1.807, 2.05) is 36.4 Å². The predicted molar refractivity (Wildman–Crippen MR) is 104 cm³/mol. The molecular weight excluding hydrogens is 327 g/mol. The summed E-state index contributed by atoms with van der Waals surface area (Å²) in [5.74, 6) is 1.39. The molecule has 0 radical (unpaired) electrons. The lowest BCUT2D eigenvalue weighted by atomic mass is 10.1. The average molecular weight is 350 g/mol. The Kier molecular flexibility index (Phi) is 4.69. The Hall–Kier alpha value is -2.69. The molecule has 1 aliphatic rings. The van der Waals surface area contributed by atoms with E-state index in [0.29, 0.717) is 0 Å². The first-order valence-electron chi connectivity index (χ1n) is 9.24. The van der Waals surface area contributed by atoms with Crippen LogP contribution in [0, 0.1) is 5.82 Å². The second-order valence-electron chi connectivity index (χ2n) is 6.85. The van der Waals surface area contributed by atoms with Crippen molar-refractivity contribution in [3.05, 3.63) is 59.9 Å². The van der Waals surface area contributed by atoms with Crippen molar-refractivity contribution in [2.75, 3.05) is 23.3 Å². The molecule has 1 aliphatic heterocycles. The third-order valence-corrected chi connectivity index (χ3v) is 4.95. The Balaban J connectivity index is 1.69. The minimum atomic E-state index is -0.221. The highest BCUT2D eigenvalue weighted by Crippen LogP contribution is 2.28. The number of hydrogen-bond donors (Lipinski definition) is 1. The normalized spacial score (nSPS) is 15.8. The van der Waals surface area contributed by atoms with E-state index < -0.39 is 0 Å². The Morgan fingerprint density at radius 1 is 0.962 bits per heavy atom. The molecule has 1 atom stereocenters. The lowest BCUT2D eigenvalue weighted by Crippen LogP contribution is -2.31. The monoisotopic (exact) mass is 350 g/mol. The summed E-state index contributed by atoms with van der Waals surface area (Å²) in [5, 5.41) is 4.50. The first-order chi connectivity index (χ1) is 12.7. The van der Waals surface area contributed by atoms with Crippen LogP contribution in [0.1, 0.15) is 37.8 Å². The van der Waals surface area contributed by atoms with Crippen LogP contribution in [-0.4, -0.2) is 23.1 Å². The van der Waals surface area contributed by atoms with Gasteiger partial charge < -0.3 is 10.2 Å². The number of benzene rings is 2. The second kappa shape index (κ2) is 7.28. The molecule has 2 aromatic carbocycles. The standard InChI is InChI=1S/C21H23FN4/c1-15(16-9-11-17(22)12-10-16)23-20-18-7-3-4-8-19(18)24-21(25-20)26-13-5-2-6-14-26/h3-4,7-12,15H,2,5-6,13-14H2,1H3,(H,23,24,25). The number of anilines is 2. The third kappa shape index (κ3) is 3.47. The molecule has 1 aromatic heterocycles. The van der Waals surface area contributed by atoms with Crippen molar-refractivity contribution in [2.24, 2.45) is 0 Å². The summed E-state index contributed by atoms with van der Waals surface area (Å²) in [6.45, 7) is 4.07. The molecule has 5 heteroatoms. The van der Waals surface area contributed by atoms with Gasteiger partial charge >= 0.3 is 0 Å². The highest BCUT2D eigenvalue weighted by Gasteiger charge is 2.17. The highest BCUT2D eigenvalue weighted by molar-refractivity contribution is 5.90. The van der Waals surface area contributed by atoms with Crippen molar-refractivity contribution in [1.82, 2.24) is 9.97 Å². The number of para-hydroxylation sites is 1. The smallest absolute Gasteiger partial charge is 0.227 e. The van der Waals surface area contributed by atoms with Crippen LogP contribution >= 0.6 is 0 Å². The van der Waals surface area contributed by atoms with Crippen LogP contribution in [0.25, 0.3) is 10.9 Å². The van der Waals surface area contributed by atoms with Crippen molar-refractivity contribution in [1.29, 1.82) is 0 Å². The van der Waals surface area contributed by atoms with E-state index in [4.69, 9.17) is 9.97 Å². The third-order valence-electron chi connectivity index (χ3n) is 4.95. The molecule has 0 aliphatic carbocycles. The van der Waals surface area contributed by atoms with Crippen LogP contribution < -0.4 is 10.2 Å². The number of halogens is 1. The maximum atomic E-state index is 13.2. The van der Waals surface area contributed by atoms with Gasteiger partial charge in [-0.05, 0) is 56.0 Å². The fraction of sp³-hybridized carbons (Fsp3) is 0.333. The van der Waals surface area contributed by atoms with Gasteiger partial charge in [-0.15, -0.1) is 0 Å². The quantitative estimate of drug-likeness (QED) is 0.724. The minimum absolute atomic E-state index is 0.0168. The van der Waals surface area contributed by atoms with E-state index in [1.165, 1.54) is 31.4 Å². The van der Waals surface area contributed by atoms with Crippen LogP contribution in [0.4, 0.5) is 16.2 Å². The molecule has 1 unspecified atom stereocenters. The van der Waals surface area contributed by atoms with Crippen LogP contribution in [0.15, 0.2) is 48.5 Å². The van der Waals surface area contributed by atoms with Crippen molar-refractivity contribution < 1.29 is 4.39 Å². The topological polar surface area (TPSA) is 41.1 Å². The molecule has 4 rings (SSSR count). The van der Waals surface area contributed by atoms with E-state index in [0.717, 1.165) is 41.3 Å². The van der Waals surface area contributed by atoms with E-state index >= 15 is 0 Å². The van der Waals surface area contributed by atoms with Crippen LogP contribution in [0.2, 0.25) is 0 Å². The Bertz CT molecular complexity index is 888. The van der Waals surface area contributed by atoms with Gasteiger partial charge in [0.25, 0.3) is 0 Å². The number of rotatable bonds is 4. The summed E-state index contributed by atoms with van der Waals surface area (Å²) in [5.41, 5.74) is 1.96. The fourth-order valence-electron chi connectivity index (χ4n) is 3.45. The zero-order chi connectivity index (χ0) is 17.9. The van der Waals surface area contributed by atoms with Crippen LogP contribution in [-0.2, 0) is 0 Å². The van der Waals surface area contributed by atoms with Gasteiger partial charge in [0, 0.05) is 24.5 Å². The average Bonchev–Trinajstić information content (AvgIpc) is 2.69. The van der Waals surface area contributed by atoms with Crippen molar-refractivity contribution in [3.63, 3.8) is 0 Å². The Morgan fingerprint density at radius 2 is 1.69 bits per heavy atom. The van der Waals surface area contributed by atoms with E-state index in [9.17, 15) is 4.39 Å². The van der Waals surface area contributed by atoms with Gasteiger partial charge in [-0.25, -0.2) is 9.37 Å². The lowest BCUT2D eigenvalue weighted by Gasteiger charge is -2.27. The molecule has 1 N–H and O–H groups in total. The first-order valence-corrected chi connectivity index (χ1v) is 9.24. The zero-order valence-electron chi connectivity index (χ0n) is 15.0. The van der Waals surface area contributed by atoms with E-state index in [1.54, 1.807) is 0 Å². The van der Waals surface area contributed by atoms with E-state index in [2.05, 4.69) is 17.1 Å². The van der Waals surface area contributed by atoms with Crippen LogP contribution in [0.5, 0.6) is 0 Å². The molecule has 0 spiro atoms. The zero-order valence-corrected chi connectivity index (χ0v) is 15.0. The molecule has 1 fully saturated rings. The summed E-state index contributed by atoms with van der Waals surface area (Å²) in [7, 11) is 0. The van der Waals surface area contributed by atoms with Gasteiger partial charge in [0.1, 0.15) is 11.6 Å². The van der Waals surface area contributed by atoms with Crippen LogP contribution in [0.3, 0.4) is 0 Å². The maximum absolute atomic E-state index is 13.2. The number of hydrogen-bond acceptors (Lipinski definition) is 4.